The number of anilines is 3. The molecular weight excluding hydrogens is 467 g/mol. The van der Waals surface area contributed by atoms with Crippen LogP contribution in [-0.4, -0.2) is 28.4 Å². The SMILES string of the molecule is CC(=O)N(c1nc(/C=C/C(=O)Nc2ncccc2OCC2CCCCC2)cs1)c1ccccc1F. The number of benzene rings is 1. The molecule has 0 saturated heterocycles. The van der Waals surface area contributed by atoms with E-state index < -0.39 is 11.7 Å². The van der Waals surface area contributed by atoms with E-state index in [1.54, 1.807) is 35.8 Å². The molecule has 0 unspecified atom stereocenters. The number of hydrogen-bond donors (Lipinski definition) is 1. The van der Waals surface area contributed by atoms with Crippen LogP contribution in [0.1, 0.15) is 44.7 Å². The van der Waals surface area contributed by atoms with Gasteiger partial charge in [0.25, 0.3) is 0 Å². The predicted octanol–water partition coefficient (Wildman–Crippen LogP) is 5.97. The van der Waals surface area contributed by atoms with Crippen LogP contribution < -0.4 is 15.0 Å². The van der Waals surface area contributed by atoms with Crippen LogP contribution >= 0.6 is 11.3 Å². The molecular formula is C26H27FN4O3S. The number of thiazole rings is 1. The Kier molecular flexibility index (Phi) is 8.20. The van der Waals surface area contributed by atoms with Crippen molar-refractivity contribution in [2.24, 2.45) is 5.92 Å². The standard InChI is InChI=1S/C26H27FN4O3S/c1-18(32)31(22-11-6-5-10-21(22)27)26-29-20(17-35-26)13-14-24(33)30-25-23(12-7-15-28-25)34-16-19-8-3-2-4-9-19/h5-7,10-15,17,19H,2-4,8-9,16H2,1H3,(H,28,30,33)/b14-13+. The van der Waals surface area contributed by atoms with Gasteiger partial charge in [0.05, 0.1) is 18.0 Å². The molecule has 3 aromatic rings. The van der Waals surface area contributed by atoms with Crippen molar-refractivity contribution in [3.63, 3.8) is 0 Å². The molecule has 9 heteroatoms. The van der Waals surface area contributed by atoms with Crippen LogP contribution in [0.2, 0.25) is 0 Å². The van der Waals surface area contributed by atoms with E-state index in [1.807, 2.05) is 0 Å². The van der Waals surface area contributed by atoms with Crippen LogP contribution in [0.5, 0.6) is 5.75 Å². The molecule has 1 aliphatic rings. The second kappa shape index (κ2) is 11.7. The summed E-state index contributed by atoms with van der Waals surface area (Å²) in [7, 11) is 0. The fourth-order valence-corrected chi connectivity index (χ4v) is 4.83. The zero-order valence-electron chi connectivity index (χ0n) is 19.4. The second-order valence-corrected chi connectivity index (χ2v) is 9.19. The molecule has 1 saturated carbocycles. The summed E-state index contributed by atoms with van der Waals surface area (Å²) in [6, 6.07) is 9.57. The van der Waals surface area contributed by atoms with E-state index in [1.165, 1.54) is 66.7 Å². The van der Waals surface area contributed by atoms with Crippen LogP contribution in [0.3, 0.4) is 0 Å². The van der Waals surface area contributed by atoms with Crippen molar-refractivity contribution in [1.82, 2.24) is 9.97 Å². The normalized spacial score (nSPS) is 14.1. The molecule has 0 atom stereocenters. The molecule has 0 bridgehead atoms. The van der Waals surface area contributed by atoms with Crippen molar-refractivity contribution < 1.29 is 18.7 Å². The lowest BCUT2D eigenvalue weighted by molar-refractivity contribution is -0.116. The highest BCUT2D eigenvalue weighted by Gasteiger charge is 2.20. The third-order valence-electron chi connectivity index (χ3n) is 5.73. The van der Waals surface area contributed by atoms with Crippen LogP contribution in [0, 0.1) is 11.7 Å². The smallest absolute Gasteiger partial charge is 0.249 e. The quantitative estimate of drug-likeness (QED) is 0.390. The summed E-state index contributed by atoms with van der Waals surface area (Å²) in [4.78, 5) is 34.5. The first-order chi connectivity index (χ1) is 17.0. The average Bonchev–Trinajstić information content (AvgIpc) is 3.32. The predicted molar refractivity (Wildman–Crippen MR) is 135 cm³/mol. The lowest BCUT2D eigenvalue weighted by Crippen LogP contribution is -2.23. The molecule has 7 nitrogen and oxygen atoms in total. The number of pyridine rings is 1. The molecule has 35 heavy (non-hydrogen) atoms. The number of carbonyl (C=O) groups is 2. The number of carbonyl (C=O) groups excluding carboxylic acids is 2. The van der Waals surface area contributed by atoms with Crippen molar-refractivity contribution in [1.29, 1.82) is 0 Å². The zero-order chi connectivity index (χ0) is 24.6. The molecule has 1 N–H and O–H groups in total. The van der Waals surface area contributed by atoms with Gasteiger partial charge in [0.2, 0.25) is 11.8 Å². The largest absolute Gasteiger partial charge is 0.489 e. The Morgan fingerprint density at radius 1 is 1.20 bits per heavy atom. The van der Waals surface area contributed by atoms with Crippen molar-refractivity contribution in [2.45, 2.75) is 39.0 Å². The lowest BCUT2D eigenvalue weighted by atomic mass is 9.90. The van der Waals surface area contributed by atoms with Gasteiger partial charge in [-0.05, 0) is 49.1 Å². The summed E-state index contributed by atoms with van der Waals surface area (Å²) in [5.41, 5.74) is 0.594. The van der Waals surface area contributed by atoms with Gasteiger partial charge in [-0.15, -0.1) is 11.3 Å². The van der Waals surface area contributed by atoms with E-state index in [4.69, 9.17) is 4.74 Å². The van der Waals surface area contributed by atoms with Crippen molar-refractivity contribution in [2.75, 3.05) is 16.8 Å². The highest BCUT2D eigenvalue weighted by atomic mass is 32.1. The van der Waals surface area contributed by atoms with Crippen molar-refractivity contribution in [3.05, 3.63) is 65.6 Å². The maximum absolute atomic E-state index is 14.2. The summed E-state index contributed by atoms with van der Waals surface area (Å²) in [6.45, 7) is 1.96. The van der Waals surface area contributed by atoms with Crippen LogP contribution in [0.4, 0.5) is 21.0 Å². The Bertz CT molecular complexity index is 1210. The Hall–Kier alpha value is -3.59. The number of nitrogens with one attached hydrogen (secondary N) is 1. The zero-order valence-corrected chi connectivity index (χ0v) is 20.3. The minimum absolute atomic E-state index is 0.124. The highest BCUT2D eigenvalue weighted by Crippen LogP contribution is 2.31. The Morgan fingerprint density at radius 2 is 2.00 bits per heavy atom. The van der Waals surface area contributed by atoms with E-state index in [9.17, 15) is 14.0 Å². The Balaban J connectivity index is 1.40. The lowest BCUT2D eigenvalue weighted by Gasteiger charge is -2.22. The first-order valence-corrected chi connectivity index (χ1v) is 12.5. The number of aromatic nitrogens is 2. The maximum atomic E-state index is 14.2. The summed E-state index contributed by atoms with van der Waals surface area (Å²) < 4.78 is 20.2. The van der Waals surface area contributed by atoms with Crippen molar-refractivity contribution >= 4 is 45.9 Å². The molecule has 1 fully saturated rings. The summed E-state index contributed by atoms with van der Waals surface area (Å²) in [6.07, 6.45) is 10.5. The first-order valence-electron chi connectivity index (χ1n) is 11.6. The third kappa shape index (κ3) is 6.51. The minimum Gasteiger partial charge on any atom is -0.489 e. The molecule has 4 rings (SSSR count). The van der Waals surface area contributed by atoms with Gasteiger partial charge in [0.15, 0.2) is 16.7 Å². The molecule has 2 amide bonds. The van der Waals surface area contributed by atoms with Gasteiger partial charge in [0.1, 0.15) is 5.82 Å². The van der Waals surface area contributed by atoms with Crippen LogP contribution in [0.25, 0.3) is 6.08 Å². The van der Waals surface area contributed by atoms with E-state index >= 15 is 0 Å². The van der Waals surface area contributed by atoms with Gasteiger partial charge in [-0.1, -0.05) is 31.4 Å². The minimum atomic E-state index is -0.522. The molecule has 1 aromatic carbocycles. The first kappa shape index (κ1) is 24.5. The summed E-state index contributed by atoms with van der Waals surface area (Å²) >= 11 is 1.18. The monoisotopic (exact) mass is 494 g/mol. The Labute approximate surface area is 207 Å². The van der Waals surface area contributed by atoms with Gasteiger partial charge in [0, 0.05) is 24.6 Å². The van der Waals surface area contributed by atoms with E-state index in [0.717, 1.165) is 12.8 Å². The number of nitrogens with zero attached hydrogens (tertiary/aromatic N) is 3. The number of amides is 2. The third-order valence-corrected chi connectivity index (χ3v) is 6.57. The van der Waals surface area contributed by atoms with Gasteiger partial charge in [-0.25, -0.2) is 14.4 Å². The van der Waals surface area contributed by atoms with Gasteiger partial charge in [-0.2, -0.15) is 0 Å². The maximum Gasteiger partial charge on any atom is 0.249 e. The number of ether oxygens (including phenoxy) is 1. The summed E-state index contributed by atoms with van der Waals surface area (Å²) in [5.74, 6) is 0.153. The van der Waals surface area contributed by atoms with Crippen molar-refractivity contribution in [3.8, 4) is 5.75 Å². The molecule has 0 radical (unpaired) electrons. The van der Waals surface area contributed by atoms with E-state index in [-0.39, 0.29) is 11.6 Å². The fourth-order valence-electron chi connectivity index (χ4n) is 3.98. The molecule has 182 valence electrons. The second-order valence-electron chi connectivity index (χ2n) is 8.35. The molecule has 0 aliphatic heterocycles. The summed E-state index contributed by atoms with van der Waals surface area (Å²) in [5, 5.41) is 4.75. The molecule has 2 heterocycles. The van der Waals surface area contributed by atoms with Gasteiger partial charge in [-0.3, -0.25) is 14.5 Å². The van der Waals surface area contributed by atoms with Crippen LogP contribution in [-0.2, 0) is 9.59 Å². The number of rotatable bonds is 8. The molecule has 1 aliphatic carbocycles. The number of halogens is 1. The van der Waals surface area contributed by atoms with Gasteiger partial charge < -0.3 is 10.1 Å². The fraction of sp³-hybridized carbons (Fsp3) is 0.308. The number of para-hydroxylation sites is 1. The van der Waals surface area contributed by atoms with Gasteiger partial charge >= 0.3 is 0 Å². The van der Waals surface area contributed by atoms with E-state index in [0.29, 0.717) is 34.9 Å². The molecule has 0 spiro atoms. The highest BCUT2D eigenvalue weighted by molar-refractivity contribution is 7.14. The number of hydrogen-bond acceptors (Lipinski definition) is 6. The average molecular weight is 495 g/mol. The van der Waals surface area contributed by atoms with E-state index in [2.05, 4.69) is 15.3 Å². The Morgan fingerprint density at radius 3 is 2.77 bits per heavy atom. The van der Waals surface area contributed by atoms with Crippen LogP contribution in [0.15, 0.2) is 54.1 Å². The molecule has 2 aromatic heterocycles. The topological polar surface area (TPSA) is 84.4 Å².